The molecule has 5 nitrogen and oxygen atoms in total. The Hall–Kier alpha value is -3.13. The minimum atomic E-state index is -0.295. The Kier molecular flexibility index (Phi) is 8.80. The zero-order chi connectivity index (χ0) is 25.5. The highest BCUT2D eigenvalue weighted by Gasteiger charge is 2.20. The molecule has 2 N–H and O–H groups in total. The third-order valence-electron chi connectivity index (χ3n) is 5.42. The SMILES string of the molecule is CCC(Sc1cccc(NC(=O)Cc2ccc(Cl)cc2)c1)C(=O)Nc1nc(-c2ccc(C)cc2)cs1. The fourth-order valence-corrected chi connectivity index (χ4v) is 5.36. The van der Waals surface area contributed by atoms with E-state index < -0.39 is 0 Å². The van der Waals surface area contributed by atoms with Crippen LogP contribution in [0.15, 0.2) is 83.1 Å². The molecular weight excluding hydrogens is 510 g/mol. The van der Waals surface area contributed by atoms with Gasteiger partial charge in [-0.3, -0.25) is 9.59 Å². The number of thioether (sulfide) groups is 1. The number of carbonyl (C=O) groups is 2. The summed E-state index contributed by atoms with van der Waals surface area (Å²) in [6, 6.07) is 22.9. The van der Waals surface area contributed by atoms with Gasteiger partial charge in [-0.2, -0.15) is 0 Å². The minimum absolute atomic E-state index is 0.0931. The molecule has 8 heteroatoms. The highest BCUT2D eigenvalue weighted by molar-refractivity contribution is 8.00. The third kappa shape index (κ3) is 7.20. The molecule has 0 spiro atoms. The Balaban J connectivity index is 1.35. The molecule has 0 saturated heterocycles. The van der Waals surface area contributed by atoms with Gasteiger partial charge in [0.25, 0.3) is 0 Å². The average Bonchev–Trinajstić information content (AvgIpc) is 3.33. The van der Waals surface area contributed by atoms with Crippen molar-refractivity contribution in [3.05, 3.63) is 94.3 Å². The van der Waals surface area contributed by atoms with Gasteiger partial charge in [-0.15, -0.1) is 23.1 Å². The molecule has 0 saturated carbocycles. The topological polar surface area (TPSA) is 71.1 Å². The summed E-state index contributed by atoms with van der Waals surface area (Å²) >= 11 is 8.79. The van der Waals surface area contributed by atoms with Crippen molar-refractivity contribution in [1.29, 1.82) is 0 Å². The quantitative estimate of drug-likeness (QED) is 0.218. The van der Waals surface area contributed by atoms with Gasteiger partial charge in [0.15, 0.2) is 5.13 Å². The van der Waals surface area contributed by atoms with E-state index in [0.29, 0.717) is 22.3 Å². The highest BCUT2D eigenvalue weighted by Crippen LogP contribution is 2.30. The van der Waals surface area contributed by atoms with Crippen LogP contribution in [0.4, 0.5) is 10.8 Å². The molecule has 184 valence electrons. The smallest absolute Gasteiger partial charge is 0.239 e. The van der Waals surface area contributed by atoms with Gasteiger partial charge in [-0.25, -0.2) is 4.98 Å². The Bertz CT molecular complexity index is 1340. The number of anilines is 2. The van der Waals surface area contributed by atoms with Crippen molar-refractivity contribution >= 4 is 57.3 Å². The number of benzene rings is 3. The molecule has 1 aromatic heterocycles. The summed E-state index contributed by atoms with van der Waals surface area (Å²) in [7, 11) is 0. The second kappa shape index (κ2) is 12.2. The summed E-state index contributed by atoms with van der Waals surface area (Å²) in [5.41, 5.74) is 4.64. The van der Waals surface area contributed by atoms with Crippen LogP contribution in [-0.4, -0.2) is 22.0 Å². The fraction of sp³-hybridized carbons (Fsp3) is 0.179. The predicted octanol–water partition coefficient (Wildman–Crippen LogP) is 7.46. The molecule has 1 heterocycles. The number of rotatable bonds is 9. The standard InChI is InChI=1S/C28H26ClN3O2S2/c1-3-25(27(34)32-28-31-24(17-35-28)20-11-7-18(2)8-12-20)36-23-6-4-5-22(16-23)30-26(33)15-19-9-13-21(29)14-10-19/h4-14,16-17,25H,3,15H2,1-2H3,(H,30,33)(H,31,32,34). The van der Waals surface area contributed by atoms with Crippen LogP contribution in [0.25, 0.3) is 11.3 Å². The number of aryl methyl sites for hydroxylation is 1. The summed E-state index contributed by atoms with van der Waals surface area (Å²) in [6.07, 6.45) is 0.909. The third-order valence-corrected chi connectivity index (χ3v) is 7.79. The zero-order valence-corrected chi connectivity index (χ0v) is 22.3. The van der Waals surface area contributed by atoms with E-state index in [-0.39, 0.29) is 23.5 Å². The van der Waals surface area contributed by atoms with Crippen LogP contribution >= 0.6 is 34.7 Å². The number of hydrogen-bond donors (Lipinski definition) is 2. The summed E-state index contributed by atoms with van der Waals surface area (Å²) in [5, 5.41) is 8.77. The maximum atomic E-state index is 13.0. The van der Waals surface area contributed by atoms with Crippen LogP contribution in [0, 0.1) is 6.92 Å². The molecule has 0 fully saturated rings. The van der Waals surface area contributed by atoms with Gasteiger partial charge in [0.2, 0.25) is 11.8 Å². The van der Waals surface area contributed by atoms with Gasteiger partial charge in [-0.05, 0) is 49.2 Å². The summed E-state index contributed by atoms with van der Waals surface area (Å²) < 4.78 is 0. The number of nitrogens with one attached hydrogen (secondary N) is 2. The molecule has 1 unspecified atom stereocenters. The first-order valence-corrected chi connectivity index (χ1v) is 13.7. The lowest BCUT2D eigenvalue weighted by Gasteiger charge is -2.14. The number of aromatic nitrogens is 1. The van der Waals surface area contributed by atoms with Crippen LogP contribution < -0.4 is 10.6 Å². The van der Waals surface area contributed by atoms with Crippen molar-refractivity contribution in [2.24, 2.45) is 0 Å². The van der Waals surface area contributed by atoms with E-state index in [1.54, 1.807) is 12.1 Å². The van der Waals surface area contributed by atoms with Gasteiger partial charge < -0.3 is 10.6 Å². The Labute approximate surface area is 224 Å². The van der Waals surface area contributed by atoms with Crippen molar-refractivity contribution in [1.82, 2.24) is 4.98 Å². The summed E-state index contributed by atoms with van der Waals surface area (Å²) in [4.78, 5) is 30.9. The molecule has 4 aromatic rings. The van der Waals surface area contributed by atoms with Crippen LogP contribution in [0.1, 0.15) is 24.5 Å². The molecule has 0 aliphatic carbocycles. The van der Waals surface area contributed by atoms with Crippen molar-refractivity contribution in [3.63, 3.8) is 0 Å². The summed E-state index contributed by atoms with van der Waals surface area (Å²) in [5.74, 6) is -0.207. The molecule has 0 aliphatic rings. The number of halogens is 1. The van der Waals surface area contributed by atoms with Crippen LogP contribution in [0.5, 0.6) is 0 Å². The summed E-state index contributed by atoms with van der Waals surface area (Å²) in [6.45, 7) is 4.03. The zero-order valence-electron chi connectivity index (χ0n) is 20.0. The van der Waals surface area contributed by atoms with E-state index in [0.717, 1.165) is 21.7 Å². The Morgan fingerprint density at radius 2 is 1.78 bits per heavy atom. The molecule has 2 amide bonds. The number of nitrogens with zero attached hydrogens (tertiary/aromatic N) is 1. The molecule has 36 heavy (non-hydrogen) atoms. The van der Waals surface area contributed by atoms with E-state index in [1.807, 2.05) is 79.9 Å². The van der Waals surface area contributed by atoms with Crippen molar-refractivity contribution in [2.75, 3.05) is 10.6 Å². The fourth-order valence-electron chi connectivity index (χ4n) is 3.50. The number of amides is 2. The molecule has 0 aliphatic heterocycles. The first-order valence-electron chi connectivity index (χ1n) is 11.5. The minimum Gasteiger partial charge on any atom is -0.326 e. The normalized spacial score (nSPS) is 11.6. The Morgan fingerprint density at radius 3 is 2.50 bits per heavy atom. The second-order valence-corrected chi connectivity index (χ2v) is 10.9. The Morgan fingerprint density at radius 1 is 1.03 bits per heavy atom. The monoisotopic (exact) mass is 535 g/mol. The van der Waals surface area contributed by atoms with E-state index >= 15 is 0 Å². The number of thiazole rings is 1. The van der Waals surface area contributed by atoms with Crippen molar-refractivity contribution in [2.45, 2.75) is 36.8 Å². The van der Waals surface area contributed by atoms with E-state index in [1.165, 1.54) is 28.7 Å². The van der Waals surface area contributed by atoms with Crippen molar-refractivity contribution in [3.8, 4) is 11.3 Å². The molecule has 1 atom stereocenters. The van der Waals surface area contributed by atoms with Gasteiger partial charge in [0.05, 0.1) is 17.4 Å². The lowest BCUT2D eigenvalue weighted by Crippen LogP contribution is -2.24. The second-order valence-electron chi connectivity index (χ2n) is 8.29. The van der Waals surface area contributed by atoms with Gasteiger partial charge >= 0.3 is 0 Å². The van der Waals surface area contributed by atoms with Crippen LogP contribution in [0.2, 0.25) is 5.02 Å². The van der Waals surface area contributed by atoms with Crippen LogP contribution in [0.3, 0.4) is 0 Å². The molecule has 3 aromatic carbocycles. The van der Waals surface area contributed by atoms with Gasteiger partial charge in [-0.1, -0.05) is 66.6 Å². The predicted molar refractivity (Wildman–Crippen MR) is 151 cm³/mol. The van der Waals surface area contributed by atoms with Gasteiger partial charge in [0, 0.05) is 26.5 Å². The van der Waals surface area contributed by atoms with Gasteiger partial charge in [0.1, 0.15) is 0 Å². The molecular formula is C28H26ClN3O2S2. The highest BCUT2D eigenvalue weighted by atomic mass is 35.5. The maximum absolute atomic E-state index is 13.0. The number of hydrogen-bond acceptors (Lipinski definition) is 5. The first kappa shape index (κ1) is 25.9. The average molecular weight is 536 g/mol. The maximum Gasteiger partial charge on any atom is 0.239 e. The van der Waals surface area contributed by atoms with E-state index in [4.69, 9.17) is 11.6 Å². The largest absolute Gasteiger partial charge is 0.326 e. The molecule has 0 radical (unpaired) electrons. The molecule has 4 rings (SSSR count). The van der Waals surface area contributed by atoms with E-state index in [9.17, 15) is 9.59 Å². The lowest BCUT2D eigenvalue weighted by atomic mass is 10.1. The van der Waals surface area contributed by atoms with E-state index in [2.05, 4.69) is 15.6 Å². The number of carbonyl (C=O) groups excluding carboxylic acids is 2. The first-order chi connectivity index (χ1) is 17.4. The van der Waals surface area contributed by atoms with Crippen molar-refractivity contribution < 1.29 is 9.59 Å². The van der Waals surface area contributed by atoms with Crippen LogP contribution in [-0.2, 0) is 16.0 Å². The lowest BCUT2D eigenvalue weighted by molar-refractivity contribution is -0.116. The molecule has 0 bridgehead atoms.